The number of anilines is 3. The first kappa shape index (κ1) is 30.2. The van der Waals surface area contributed by atoms with Crippen LogP contribution in [-0.4, -0.2) is 0 Å². The van der Waals surface area contributed by atoms with Gasteiger partial charge in [-0.25, -0.2) is 0 Å². The second-order valence-electron chi connectivity index (χ2n) is 13.8. The lowest BCUT2D eigenvalue weighted by molar-refractivity contribution is 0.785. The molecule has 1 nitrogen and oxygen atoms in total. The van der Waals surface area contributed by atoms with Crippen LogP contribution in [0.3, 0.4) is 0 Å². The Kier molecular flexibility index (Phi) is 6.91. The van der Waals surface area contributed by atoms with E-state index in [2.05, 4.69) is 183 Å². The average Bonchev–Trinajstić information content (AvgIpc) is 3.80. The van der Waals surface area contributed by atoms with E-state index in [0.717, 1.165) is 12.8 Å². The first-order valence-electron chi connectivity index (χ1n) is 18.1. The quantitative estimate of drug-likeness (QED) is 0.176. The van der Waals surface area contributed by atoms with Crippen molar-refractivity contribution in [1.82, 2.24) is 0 Å². The van der Waals surface area contributed by atoms with Gasteiger partial charge in [0.15, 0.2) is 0 Å². The third kappa shape index (κ3) is 4.20. The number of allylic oxidation sites excluding steroid dienone is 8. The molecule has 1 atom stereocenters. The van der Waals surface area contributed by atoms with Crippen molar-refractivity contribution in [2.24, 2.45) is 0 Å². The summed E-state index contributed by atoms with van der Waals surface area (Å²) in [5.41, 5.74) is 16.4. The van der Waals surface area contributed by atoms with Gasteiger partial charge in [0, 0.05) is 26.6 Å². The molecule has 0 radical (unpaired) electrons. The van der Waals surface area contributed by atoms with Crippen LogP contribution in [-0.2, 0) is 5.41 Å². The first-order valence-corrected chi connectivity index (χ1v) is 18.9. The molecule has 0 saturated heterocycles. The highest BCUT2D eigenvalue weighted by Gasteiger charge is 2.53. The zero-order valence-electron chi connectivity index (χ0n) is 28.9. The summed E-state index contributed by atoms with van der Waals surface area (Å²) < 4.78 is 2.61. The Hall–Kier alpha value is -5.70. The fraction of sp³-hybridized carbons (Fsp3) is 0.102. The summed E-state index contributed by atoms with van der Waals surface area (Å²) in [5.74, 6) is 0. The summed E-state index contributed by atoms with van der Waals surface area (Å²) in [4.78, 5) is 2.60. The third-order valence-corrected chi connectivity index (χ3v) is 12.4. The van der Waals surface area contributed by atoms with Gasteiger partial charge in [-0.05, 0) is 95.5 Å². The Bertz CT molecular complexity index is 2680. The Morgan fingerprint density at radius 1 is 0.608 bits per heavy atom. The predicted octanol–water partition coefficient (Wildman–Crippen LogP) is 13.9. The summed E-state index contributed by atoms with van der Waals surface area (Å²) >= 11 is 1.90. The van der Waals surface area contributed by atoms with Gasteiger partial charge in [-0.3, -0.25) is 0 Å². The molecule has 6 aromatic carbocycles. The fourth-order valence-electron chi connectivity index (χ4n) is 9.23. The maximum absolute atomic E-state index is 2.60. The van der Waals surface area contributed by atoms with Gasteiger partial charge in [0.2, 0.25) is 0 Å². The van der Waals surface area contributed by atoms with Gasteiger partial charge < -0.3 is 4.90 Å². The predicted molar refractivity (Wildman–Crippen MR) is 220 cm³/mol. The monoisotopic (exact) mass is 671 g/mol. The maximum Gasteiger partial charge on any atom is 0.0742 e. The van der Waals surface area contributed by atoms with Crippen molar-refractivity contribution in [1.29, 1.82) is 0 Å². The summed E-state index contributed by atoms with van der Waals surface area (Å²) in [6.07, 6.45) is 13.8. The van der Waals surface area contributed by atoms with Crippen LogP contribution >= 0.6 is 11.3 Å². The van der Waals surface area contributed by atoms with Gasteiger partial charge in [0.05, 0.1) is 27.2 Å². The molecule has 0 N–H and O–H groups in total. The molecule has 7 aromatic rings. The molecule has 0 fully saturated rings. The number of fused-ring (bicyclic) bond motifs is 10. The second kappa shape index (κ2) is 11.7. The van der Waals surface area contributed by atoms with E-state index < -0.39 is 5.41 Å². The molecule has 1 unspecified atom stereocenters. The first-order chi connectivity index (χ1) is 25.2. The lowest BCUT2D eigenvalue weighted by Crippen LogP contribution is -2.29. The van der Waals surface area contributed by atoms with Crippen molar-refractivity contribution < 1.29 is 0 Å². The molecule has 2 heteroatoms. The molecular formula is C49H37NS. The standard InChI is InChI=1S/C49H37NS/c1-3-17-40-32(2)34-20-7-11-26-41(34)49(40)42-27-12-8-22-36(42)38-24-15-29-44(47(38)49)50(43-28-13-9-21-35(43)33-18-5-4-6-19-33)45-30-16-25-39-37-23-10-14-31-46(37)51-48(39)45/h3,5,7-31H,4,6H2,1-2H3/b17-3-. The van der Waals surface area contributed by atoms with E-state index in [9.17, 15) is 0 Å². The van der Waals surface area contributed by atoms with Crippen LogP contribution in [0.25, 0.3) is 42.4 Å². The topological polar surface area (TPSA) is 3.24 Å². The van der Waals surface area contributed by atoms with Crippen molar-refractivity contribution in [2.75, 3.05) is 4.90 Å². The summed E-state index contributed by atoms with van der Waals surface area (Å²) in [6, 6.07) is 50.0. The molecule has 0 bridgehead atoms. The molecule has 1 aromatic heterocycles. The SMILES string of the molecule is C/C=C\C1=C(C)c2ccccc2C12c1ccccc1-c1cccc(N(c3ccccc3C3=CCCC=C3)c3cccc4c3sc3ccccc34)c12. The van der Waals surface area contributed by atoms with E-state index in [4.69, 9.17) is 0 Å². The molecule has 1 spiro atoms. The minimum atomic E-state index is -0.471. The van der Waals surface area contributed by atoms with Crippen LogP contribution in [0, 0.1) is 0 Å². The van der Waals surface area contributed by atoms with Gasteiger partial charge >= 0.3 is 0 Å². The van der Waals surface area contributed by atoms with E-state index in [0.29, 0.717) is 0 Å². The molecular weight excluding hydrogens is 635 g/mol. The van der Waals surface area contributed by atoms with Crippen LogP contribution in [0.5, 0.6) is 0 Å². The van der Waals surface area contributed by atoms with Crippen LogP contribution in [0.15, 0.2) is 169 Å². The van der Waals surface area contributed by atoms with E-state index in [-0.39, 0.29) is 0 Å². The molecule has 3 aliphatic rings. The number of para-hydroxylation sites is 1. The zero-order chi connectivity index (χ0) is 34.1. The minimum absolute atomic E-state index is 0.471. The third-order valence-electron chi connectivity index (χ3n) is 11.2. The van der Waals surface area contributed by atoms with E-state index >= 15 is 0 Å². The lowest BCUT2D eigenvalue weighted by Gasteiger charge is -2.37. The number of hydrogen-bond donors (Lipinski definition) is 0. The molecule has 10 rings (SSSR count). The van der Waals surface area contributed by atoms with Crippen molar-refractivity contribution in [3.8, 4) is 11.1 Å². The van der Waals surface area contributed by atoms with Crippen LogP contribution in [0.2, 0.25) is 0 Å². The van der Waals surface area contributed by atoms with Crippen LogP contribution in [0.4, 0.5) is 17.1 Å². The molecule has 0 saturated carbocycles. The van der Waals surface area contributed by atoms with Gasteiger partial charge in [-0.1, -0.05) is 140 Å². The smallest absolute Gasteiger partial charge is 0.0742 e. The van der Waals surface area contributed by atoms with Crippen molar-refractivity contribution >= 4 is 59.7 Å². The maximum atomic E-state index is 2.60. The van der Waals surface area contributed by atoms with Gasteiger partial charge in [-0.15, -0.1) is 11.3 Å². The average molecular weight is 672 g/mol. The highest BCUT2D eigenvalue weighted by molar-refractivity contribution is 7.26. The Morgan fingerprint density at radius 2 is 1.25 bits per heavy atom. The van der Waals surface area contributed by atoms with Crippen LogP contribution in [0.1, 0.15) is 54.5 Å². The highest BCUT2D eigenvalue weighted by Crippen LogP contribution is 2.65. The number of nitrogens with zero attached hydrogens (tertiary/aromatic N) is 1. The number of rotatable bonds is 5. The molecule has 1 heterocycles. The summed E-state index contributed by atoms with van der Waals surface area (Å²) in [5, 5.41) is 2.61. The zero-order valence-corrected chi connectivity index (χ0v) is 29.7. The fourth-order valence-corrected chi connectivity index (χ4v) is 10.4. The molecule has 0 amide bonds. The van der Waals surface area contributed by atoms with Gasteiger partial charge in [0.25, 0.3) is 0 Å². The Morgan fingerprint density at radius 3 is 2.08 bits per heavy atom. The number of benzene rings is 6. The van der Waals surface area contributed by atoms with E-state index in [1.807, 2.05) is 11.3 Å². The highest BCUT2D eigenvalue weighted by atomic mass is 32.1. The molecule has 3 aliphatic carbocycles. The molecule has 244 valence electrons. The van der Waals surface area contributed by atoms with E-state index in [1.165, 1.54) is 92.9 Å². The van der Waals surface area contributed by atoms with Crippen molar-refractivity contribution in [3.05, 3.63) is 197 Å². The van der Waals surface area contributed by atoms with Crippen LogP contribution < -0.4 is 4.90 Å². The van der Waals surface area contributed by atoms with E-state index in [1.54, 1.807) is 0 Å². The van der Waals surface area contributed by atoms with Gasteiger partial charge in [-0.2, -0.15) is 0 Å². The normalized spacial score (nSPS) is 17.4. The second-order valence-corrected chi connectivity index (χ2v) is 14.9. The number of hydrogen-bond acceptors (Lipinski definition) is 2. The summed E-state index contributed by atoms with van der Waals surface area (Å²) in [7, 11) is 0. The number of thiophene rings is 1. The largest absolute Gasteiger partial charge is 0.308 e. The summed E-state index contributed by atoms with van der Waals surface area (Å²) in [6.45, 7) is 4.47. The van der Waals surface area contributed by atoms with Crippen molar-refractivity contribution in [3.63, 3.8) is 0 Å². The Labute approximate surface area is 303 Å². The lowest BCUT2D eigenvalue weighted by atomic mass is 9.69. The Balaban J connectivity index is 1.37. The van der Waals surface area contributed by atoms with Crippen molar-refractivity contribution in [2.45, 2.75) is 32.1 Å². The van der Waals surface area contributed by atoms with Gasteiger partial charge in [0.1, 0.15) is 0 Å². The molecule has 51 heavy (non-hydrogen) atoms. The molecule has 0 aliphatic heterocycles. The minimum Gasteiger partial charge on any atom is -0.308 e.